The Morgan fingerprint density at radius 2 is 1.89 bits per heavy atom. The number of nitrogens with one attached hydrogen (secondary N) is 1. The van der Waals surface area contributed by atoms with E-state index >= 15 is 0 Å². The molecule has 1 N–H and O–H groups in total. The van der Waals surface area contributed by atoms with Crippen molar-refractivity contribution in [2.24, 2.45) is 11.3 Å². The van der Waals surface area contributed by atoms with Gasteiger partial charge in [-0.15, -0.1) is 0 Å². The fourth-order valence-electron chi connectivity index (χ4n) is 2.99. The summed E-state index contributed by atoms with van der Waals surface area (Å²) in [7, 11) is 0. The van der Waals surface area contributed by atoms with Crippen molar-refractivity contribution in [3.63, 3.8) is 0 Å². The molecule has 19 heavy (non-hydrogen) atoms. The van der Waals surface area contributed by atoms with Gasteiger partial charge in [0.15, 0.2) is 5.82 Å². The summed E-state index contributed by atoms with van der Waals surface area (Å²) in [4.78, 5) is 4.22. The van der Waals surface area contributed by atoms with Crippen molar-refractivity contribution in [3.05, 3.63) is 11.7 Å². The van der Waals surface area contributed by atoms with E-state index in [9.17, 15) is 0 Å². The van der Waals surface area contributed by atoms with Gasteiger partial charge < -0.3 is 9.84 Å². The summed E-state index contributed by atoms with van der Waals surface area (Å²) in [5.41, 5.74) is 0.465. The van der Waals surface area contributed by atoms with Gasteiger partial charge in [-0.25, -0.2) is 0 Å². The van der Waals surface area contributed by atoms with Crippen LogP contribution in [0.3, 0.4) is 0 Å². The zero-order valence-corrected chi connectivity index (χ0v) is 12.7. The van der Waals surface area contributed by atoms with Crippen LogP contribution in [0.2, 0.25) is 0 Å². The molecule has 0 unspecified atom stereocenters. The van der Waals surface area contributed by atoms with Gasteiger partial charge in [0.25, 0.3) is 0 Å². The molecule has 4 heteroatoms. The highest BCUT2D eigenvalue weighted by Crippen LogP contribution is 2.37. The SMILES string of the molecule is Cc1nc(CCNC2CCC(C(C)(C)C)CC2)no1. The van der Waals surface area contributed by atoms with Crippen molar-refractivity contribution in [2.75, 3.05) is 6.54 Å². The fraction of sp³-hybridized carbons (Fsp3) is 0.867. The molecule has 1 heterocycles. The standard InChI is InChI=1S/C15H27N3O/c1-11-17-14(18-19-11)9-10-16-13-7-5-12(6-8-13)15(2,3)4/h12-13,16H,5-10H2,1-4H3. The van der Waals surface area contributed by atoms with Crippen molar-refractivity contribution in [1.82, 2.24) is 15.5 Å². The Bertz CT molecular complexity index is 386. The normalized spacial score (nSPS) is 24.6. The van der Waals surface area contributed by atoms with E-state index in [2.05, 4.69) is 36.2 Å². The van der Waals surface area contributed by atoms with E-state index in [1.54, 1.807) is 0 Å². The maximum atomic E-state index is 4.97. The highest BCUT2D eigenvalue weighted by molar-refractivity contribution is 4.87. The lowest BCUT2D eigenvalue weighted by molar-refractivity contribution is 0.160. The van der Waals surface area contributed by atoms with Crippen molar-refractivity contribution in [1.29, 1.82) is 0 Å². The number of hydrogen-bond acceptors (Lipinski definition) is 4. The first kappa shape index (κ1) is 14.5. The van der Waals surface area contributed by atoms with E-state index < -0.39 is 0 Å². The Morgan fingerprint density at radius 3 is 2.42 bits per heavy atom. The van der Waals surface area contributed by atoms with Gasteiger partial charge in [0.1, 0.15) is 0 Å². The highest BCUT2D eigenvalue weighted by Gasteiger charge is 2.29. The van der Waals surface area contributed by atoms with Gasteiger partial charge in [0, 0.05) is 25.9 Å². The lowest BCUT2D eigenvalue weighted by Gasteiger charge is -2.37. The summed E-state index contributed by atoms with van der Waals surface area (Å²) in [5.74, 6) is 2.35. The number of hydrogen-bond donors (Lipinski definition) is 1. The predicted octanol–water partition coefficient (Wildman–Crippen LogP) is 3.12. The maximum Gasteiger partial charge on any atom is 0.223 e. The van der Waals surface area contributed by atoms with Crippen LogP contribution in [0.1, 0.15) is 58.2 Å². The van der Waals surface area contributed by atoms with E-state index in [4.69, 9.17) is 4.52 Å². The van der Waals surface area contributed by atoms with Crippen LogP contribution in [0.4, 0.5) is 0 Å². The smallest absolute Gasteiger partial charge is 0.223 e. The van der Waals surface area contributed by atoms with Gasteiger partial charge >= 0.3 is 0 Å². The van der Waals surface area contributed by atoms with Crippen LogP contribution in [0.5, 0.6) is 0 Å². The van der Waals surface area contributed by atoms with Crippen LogP contribution < -0.4 is 5.32 Å². The molecule has 1 fully saturated rings. The molecule has 0 radical (unpaired) electrons. The molecule has 0 bridgehead atoms. The third kappa shape index (κ3) is 4.30. The van der Waals surface area contributed by atoms with Gasteiger partial charge in [0.2, 0.25) is 5.89 Å². The average Bonchev–Trinajstić information content (AvgIpc) is 2.75. The van der Waals surface area contributed by atoms with E-state index in [-0.39, 0.29) is 0 Å². The molecular formula is C15H27N3O. The molecule has 0 aromatic carbocycles. The minimum Gasteiger partial charge on any atom is -0.340 e. The van der Waals surface area contributed by atoms with Crippen LogP contribution in [-0.4, -0.2) is 22.7 Å². The van der Waals surface area contributed by atoms with Gasteiger partial charge in [0.05, 0.1) is 0 Å². The summed E-state index contributed by atoms with van der Waals surface area (Å²) in [5, 5.41) is 7.55. The maximum absolute atomic E-state index is 4.97. The van der Waals surface area contributed by atoms with E-state index in [0.29, 0.717) is 17.3 Å². The van der Waals surface area contributed by atoms with Crippen molar-refractivity contribution < 1.29 is 4.52 Å². The summed E-state index contributed by atoms with van der Waals surface area (Å²) >= 11 is 0. The van der Waals surface area contributed by atoms with E-state index in [1.807, 2.05) is 6.92 Å². The van der Waals surface area contributed by atoms with Gasteiger partial charge in [-0.2, -0.15) is 4.98 Å². The minimum absolute atomic E-state index is 0.465. The molecule has 1 aromatic heterocycles. The van der Waals surface area contributed by atoms with Crippen LogP contribution in [0.25, 0.3) is 0 Å². The Morgan fingerprint density at radius 1 is 1.21 bits per heavy atom. The first-order chi connectivity index (χ1) is 8.95. The molecular weight excluding hydrogens is 238 g/mol. The zero-order chi connectivity index (χ0) is 13.9. The van der Waals surface area contributed by atoms with Crippen molar-refractivity contribution in [2.45, 2.75) is 65.8 Å². The lowest BCUT2D eigenvalue weighted by Crippen LogP contribution is -2.37. The van der Waals surface area contributed by atoms with Crippen molar-refractivity contribution >= 4 is 0 Å². The molecule has 0 atom stereocenters. The number of aryl methyl sites for hydroxylation is 1. The third-order valence-electron chi connectivity index (χ3n) is 4.30. The van der Waals surface area contributed by atoms with Crippen LogP contribution in [0, 0.1) is 18.3 Å². The Labute approximate surface area is 116 Å². The predicted molar refractivity (Wildman–Crippen MR) is 75.9 cm³/mol. The Balaban J connectivity index is 1.66. The van der Waals surface area contributed by atoms with Crippen LogP contribution in [0.15, 0.2) is 4.52 Å². The quantitative estimate of drug-likeness (QED) is 0.908. The first-order valence-electron chi connectivity index (χ1n) is 7.47. The fourth-order valence-corrected chi connectivity index (χ4v) is 2.99. The zero-order valence-electron chi connectivity index (χ0n) is 12.7. The second-order valence-corrected chi connectivity index (χ2v) is 6.85. The van der Waals surface area contributed by atoms with E-state index in [0.717, 1.165) is 24.7 Å². The van der Waals surface area contributed by atoms with Gasteiger partial charge in [-0.05, 0) is 37.0 Å². The van der Waals surface area contributed by atoms with E-state index in [1.165, 1.54) is 25.7 Å². The number of nitrogens with zero attached hydrogens (tertiary/aromatic N) is 2. The third-order valence-corrected chi connectivity index (χ3v) is 4.30. The molecule has 1 saturated carbocycles. The molecule has 1 aromatic rings. The topological polar surface area (TPSA) is 51.0 Å². The largest absolute Gasteiger partial charge is 0.340 e. The van der Waals surface area contributed by atoms with Crippen LogP contribution >= 0.6 is 0 Å². The molecule has 2 rings (SSSR count). The lowest BCUT2D eigenvalue weighted by atomic mass is 9.71. The molecule has 0 saturated heterocycles. The minimum atomic E-state index is 0.465. The number of rotatable bonds is 4. The molecule has 4 nitrogen and oxygen atoms in total. The molecule has 0 amide bonds. The molecule has 0 aliphatic heterocycles. The van der Waals surface area contributed by atoms with Crippen LogP contribution in [-0.2, 0) is 6.42 Å². The second kappa shape index (κ2) is 6.04. The number of aromatic nitrogens is 2. The van der Waals surface area contributed by atoms with Gasteiger partial charge in [-0.1, -0.05) is 25.9 Å². The summed E-state index contributed by atoms with van der Waals surface area (Å²) < 4.78 is 4.97. The van der Waals surface area contributed by atoms with Gasteiger partial charge in [-0.3, -0.25) is 0 Å². The monoisotopic (exact) mass is 265 g/mol. The molecule has 1 aliphatic carbocycles. The summed E-state index contributed by atoms with van der Waals surface area (Å²) in [6.07, 6.45) is 6.15. The summed E-state index contributed by atoms with van der Waals surface area (Å²) in [6, 6.07) is 0.673. The molecule has 0 spiro atoms. The second-order valence-electron chi connectivity index (χ2n) is 6.85. The Kier molecular flexibility index (Phi) is 4.61. The average molecular weight is 265 g/mol. The molecule has 108 valence electrons. The molecule has 1 aliphatic rings. The first-order valence-corrected chi connectivity index (χ1v) is 7.47. The van der Waals surface area contributed by atoms with Crippen molar-refractivity contribution in [3.8, 4) is 0 Å². The Hall–Kier alpha value is -0.900. The summed E-state index contributed by atoms with van der Waals surface area (Å²) in [6.45, 7) is 9.87. The highest BCUT2D eigenvalue weighted by atomic mass is 16.5.